The highest BCUT2D eigenvalue weighted by Gasteiger charge is 2.27. The maximum absolute atomic E-state index is 13.4. The van der Waals surface area contributed by atoms with Crippen molar-refractivity contribution in [2.75, 3.05) is 10.2 Å². The number of fused-ring (bicyclic) bond motifs is 2. The molecule has 5 nitrogen and oxygen atoms in total. The van der Waals surface area contributed by atoms with Crippen molar-refractivity contribution in [3.05, 3.63) is 69.9 Å². The Morgan fingerprint density at radius 3 is 2.88 bits per heavy atom. The van der Waals surface area contributed by atoms with E-state index in [2.05, 4.69) is 28.5 Å². The molecule has 0 radical (unpaired) electrons. The third kappa shape index (κ3) is 2.84. The number of aromatic amines is 1. The number of aryl methyl sites for hydroxylation is 2. The molecule has 4 rings (SSSR count). The summed E-state index contributed by atoms with van der Waals surface area (Å²) >= 11 is 6.16. The standard InChI is InChI=1S/C20H19ClN4O/c1-3-13-4-6-16(12(2)8-13)20(26)25-11-14-10-22-24-19(14)23-17-9-15(21)5-7-18(17)25/h4-10H,3,11H2,1-2H3,(H2,22,23,24). The summed E-state index contributed by atoms with van der Waals surface area (Å²) in [5, 5.41) is 10.9. The number of hydrogen-bond acceptors (Lipinski definition) is 3. The minimum atomic E-state index is -0.0374. The van der Waals surface area contributed by atoms with Gasteiger partial charge in [-0.1, -0.05) is 30.7 Å². The average Bonchev–Trinajstić information content (AvgIpc) is 3.00. The van der Waals surface area contributed by atoms with Crippen LogP contribution < -0.4 is 10.2 Å². The summed E-state index contributed by atoms with van der Waals surface area (Å²) in [5.41, 5.74) is 5.40. The second kappa shape index (κ2) is 6.50. The Morgan fingerprint density at radius 1 is 1.27 bits per heavy atom. The largest absolute Gasteiger partial charge is 0.339 e. The van der Waals surface area contributed by atoms with Gasteiger partial charge in [-0.15, -0.1) is 0 Å². The molecule has 2 aromatic carbocycles. The number of anilines is 3. The van der Waals surface area contributed by atoms with Crippen molar-refractivity contribution in [2.45, 2.75) is 26.8 Å². The Bertz CT molecular complexity index is 995. The van der Waals surface area contributed by atoms with Gasteiger partial charge in [-0.3, -0.25) is 9.89 Å². The van der Waals surface area contributed by atoms with E-state index in [0.29, 0.717) is 17.1 Å². The first-order valence-electron chi connectivity index (χ1n) is 8.57. The number of carbonyl (C=O) groups excluding carboxylic acids is 1. The number of halogens is 1. The normalized spacial score (nSPS) is 12.8. The molecule has 1 aromatic heterocycles. The summed E-state index contributed by atoms with van der Waals surface area (Å²) < 4.78 is 0. The smallest absolute Gasteiger partial charge is 0.258 e. The zero-order chi connectivity index (χ0) is 18.3. The molecular weight excluding hydrogens is 348 g/mol. The van der Waals surface area contributed by atoms with E-state index in [1.54, 1.807) is 17.2 Å². The molecule has 0 unspecified atom stereocenters. The Kier molecular flexibility index (Phi) is 4.17. The lowest BCUT2D eigenvalue weighted by molar-refractivity contribution is 0.0985. The number of carbonyl (C=O) groups is 1. The Morgan fingerprint density at radius 2 is 2.12 bits per heavy atom. The van der Waals surface area contributed by atoms with Crippen molar-refractivity contribution in [3.63, 3.8) is 0 Å². The number of hydrogen-bond donors (Lipinski definition) is 2. The van der Waals surface area contributed by atoms with Crippen LogP contribution in [-0.4, -0.2) is 16.1 Å². The number of H-pyrrole nitrogens is 1. The van der Waals surface area contributed by atoms with Crippen LogP contribution in [-0.2, 0) is 13.0 Å². The number of rotatable bonds is 2. The van der Waals surface area contributed by atoms with E-state index in [-0.39, 0.29) is 5.91 Å². The summed E-state index contributed by atoms with van der Waals surface area (Å²) in [7, 11) is 0. The third-order valence-corrected chi connectivity index (χ3v) is 4.97. The van der Waals surface area contributed by atoms with E-state index in [1.807, 2.05) is 31.2 Å². The minimum Gasteiger partial charge on any atom is -0.339 e. The van der Waals surface area contributed by atoms with Gasteiger partial charge in [-0.05, 0) is 48.7 Å². The van der Waals surface area contributed by atoms with Crippen molar-refractivity contribution in [1.29, 1.82) is 0 Å². The van der Waals surface area contributed by atoms with Crippen molar-refractivity contribution < 1.29 is 4.79 Å². The molecule has 0 spiro atoms. The van der Waals surface area contributed by atoms with E-state index < -0.39 is 0 Å². The Hall–Kier alpha value is -2.79. The number of nitrogens with zero attached hydrogens (tertiary/aromatic N) is 2. The lowest BCUT2D eigenvalue weighted by Crippen LogP contribution is -2.30. The van der Waals surface area contributed by atoms with Crippen LogP contribution in [0.4, 0.5) is 17.2 Å². The zero-order valence-corrected chi connectivity index (χ0v) is 15.4. The van der Waals surface area contributed by atoms with Gasteiger partial charge in [-0.25, -0.2) is 0 Å². The topological polar surface area (TPSA) is 61.0 Å². The van der Waals surface area contributed by atoms with Gasteiger partial charge < -0.3 is 10.2 Å². The number of benzene rings is 2. The molecule has 0 fully saturated rings. The van der Waals surface area contributed by atoms with E-state index in [0.717, 1.165) is 34.7 Å². The molecule has 1 aliphatic heterocycles. The van der Waals surface area contributed by atoms with Crippen LogP contribution in [0.3, 0.4) is 0 Å². The fraction of sp³-hybridized carbons (Fsp3) is 0.200. The van der Waals surface area contributed by atoms with Gasteiger partial charge in [0.15, 0.2) is 0 Å². The van der Waals surface area contributed by atoms with E-state index >= 15 is 0 Å². The maximum Gasteiger partial charge on any atom is 0.258 e. The number of nitrogens with one attached hydrogen (secondary N) is 2. The molecule has 0 saturated heterocycles. The lowest BCUT2D eigenvalue weighted by atomic mass is 10.0. The first-order valence-corrected chi connectivity index (χ1v) is 8.95. The first kappa shape index (κ1) is 16.7. The number of aromatic nitrogens is 2. The second-order valence-electron chi connectivity index (χ2n) is 6.45. The highest BCUT2D eigenvalue weighted by atomic mass is 35.5. The Balaban J connectivity index is 1.81. The monoisotopic (exact) mass is 366 g/mol. The highest BCUT2D eigenvalue weighted by Crippen LogP contribution is 2.37. The molecule has 1 amide bonds. The summed E-state index contributed by atoms with van der Waals surface area (Å²) in [6.45, 7) is 4.52. The fourth-order valence-electron chi connectivity index (χ4n) is 3.29. The van der Waals surface area contributed by atoms with Gasteiger partial charge in [0, 0.05) is 16.1 Å². The van der Waals surface area contributed by atoms with Crippen LogP contribution in [0.15, 0.2) is 42.6 Å². The third-order valence-electron chi connectivity index (χ3n) is 4.73. The molecule has 1 aliphatic rings. The molecule has 2 N–H and O–H groups in total. The quantitative estimate of drug-likeness (QED) is 0.682. The van der Waals surface area contributed by atoms with Crippen molar-refractivity contribution in [2.24, 2.45) is 0 Å². The van der Waals surface area contributed by atoms with Gasteiger partial charge in [0.25, 0.3) is 5.91 Å². The minimum absolute atomic E-state index is 0.0374. The predicted octanol–water partition coefficient (Wildman–Crippen LogP) is 4.84. The SMILES string of the molecule is CCc1ccc(C(=O)N2Cc3cn[nH]c3Nc3cc(Cl)ccc32)c(C)c1. The van der Waals surface area contributed by atoms with E-state index in [1.165, 1.54) is 5.56 Å². The molecule has 0 atom stereocenters. The summed E-state index contributed by atoms with van der Waals surface area (Å²) in [6, 6.07) is 11.5. The van der Waals surface area contributed by atoms with E-state index in [4.69, 9.17) is 11.6 Å². The molecule has 0 aliphatic carbocycles. The molecule has 132 valence electrons. The molecule has 0 bridgehead atoms. The van der Waals surface area contributed by atoms with Crippen LogP contribution in [0.25, 0.3) is 0 Å². The summed E-state index contributed by atoms with van der Waals surface area (Å²) in [5.74, 6) is 0.742. The van der Waals surface area contributed by atoms with Crippen LogP contribution >= 0.6 is 11.6 Å². The fourth-order valence-corrected chi connectivity index (χ4v) is 3.46. The van der Waals surface area contributed by atoms with Crippen LogP contribution in [0.1, 0.15) is 34.0 Å². The molecular formula is C20H19ClN4O. The average molecular weight is 367 g/mol. The lowest BCUT2D eigenvalue weighted by Gasteiger charge is -2.23. The van der Waals surface area contributed by atoms with Crippen LogP contribution in [0, 0.1) is 6.92 Å². The molecule has 3 aromatic rings. The second-order valence-corrected chi connectivity index (χ2v) is 6.89. The summed E-state index contributed by atoms with van der Waals surface area (Å²) in [4.78, 5) is 15.2. The van der Waals surface area contributed by atoms with E-state index in [9.17, 15) is 4.79 Å². The van der Waals surface area contributed by atoms with Crippen molar-refractivity contribution in [1.82, 2.24) is 10.2 Å². The van der Waals surface area contributed by atoms with Crippen LogP contribution in [0.5, 0.6) is 0 Å². The molecule has 6 heteroatoms. The van der Waals surface area contributed by atoms with Crippen molar-refractivity contribution >= 4 is 34.7 Å². The van der Waals surface area contributed by atoms with Crippen LogP contribution in [0.2, 0.25) is 5.02 Å². The molecule has 26 heavy (non-hydrogen) atoms. The molecule has 0 saturated carbocycles. The van der Waals surface area contributed by atoms with Gasteiger partial charge in [0.05, 0.1) is 24.1 Å². The zero-order valence-electron chi connectivity index (χ0n) is 14.6. The Labute approximate surface area is 157 Å². The first-order chi connectivity index (χ1) is 12.6. The number of amides is 1. The van der Waals surface area contributed by atoms with Gasteiger partial charge >= 0.3 is 0 Å². The van der Waals surface area contributed by atoms with Gasteiger partial charge in [-0.2, -0.15) is 5.10 Å². The predicted molar refractivity (Wildman–Crippen MR) is 104 cm³/mol. The highest BCUT2D eigenvalue weighted by molar-refractivity contribution is 6.31. The van der Waals surface area contributed by atoms with Gasteiger partial charge in [0.1, 0.15) is 5.82 Å². The summed E-state index contributed by atoms with van der Waals surface area (Å²) in [6.07, 6.45) is 2.69. The van der Waals surface area contributed by atoms with Gasteiger partial charge in [0.2, 0.25) is 0 Å². The molecule has 2 heterocycles. The van der Waals surface area contributed by atoms with Crippen molar-refractivity contribution in [3.8, 4) is 0 Å². The maximum atomic E-state index is 13.4.